The van der Waals surface area contributed by atoms with Gasteiger partial charge in [-0.15, -0.1) is 11.8 Å². The van der Waals surface area contributed by atoms with Gasteiger partial charge in [0.15, 0.2) is 0 Å². The standard InChI is InChI=1S/C11H13NOS/c12-11(13)7-8-5-6-14-10-4-2-1-3-9(8)10/h1-4,8H,5-7H2,(H2,12,13). The Bertz CT molecular complexity index is 351. The number of benzene rings is 1. The highest BCUT2D eigenvalue weighted by Crippen LogP contribution is 2.38. The van der Waals surface area contributed by atoms with E-state index in [0.29, 0.717) is 12.3 Å². The molecule has 1 atom stereocenters. The average Bonchev–Trinajstić information content (AvgIpc) is 2.18. The molecule has 0 radical (unpaired) electrons. The van der Waals surface area contributed by atoms with Crippen LogP contribution in [0.2, 0.25) is 0 Å². The molecule has 0 fully saturated rings. The number of carbonyl (C=O) groups is 1. The normalized spacial score (nSPS) is 20.1. The molecule has 0 aromatic heterocycles. The second kappa shape index (κ2) is 4.05. The minimum Gasteiger partial charge on any atom is -0.370 e. The second-order valence-corrected chi connectivity index (χ2v) is 4.68. The molecule has 0 saturated carbocycles. The van der Waals surface area contributed by atoms with Crippen molar-refractivity contribution in [3.05, 3.63) is 29.8 Å². The fourth-order valence-electron chi connectivity index (χ4n) is 1.87. The summed E-state index contributed by atoms with van der Waals surface area (Å²) in [6, 6.07) is 8.29. The highest BCUT2D eigenvalue weighted by Gasteiger charge is 2.21. The fraction of sp³-hybridized carbons (Fsp3) is 0.364. The summed E-state index contributed by atoms with van der Waals surface area (Å²) in [6.07, 6.45) is 1.54. The van der Waals surface area contributed by atoms with Gasteiger partial charge in [-0.2, -0.15) is 0 Å². The lowest BCUT2D eigenvalue weighted by Gasteiger charge is -2.23. The summed E-state index contributed by atoms with van der Waals surface area (Å²) in [5.41, 5.74) is 6.53. The minimum atomic E-state index is -0.197. The lowest BCUT2D eigenvalue weighted by Crippen LogP contribution is -2.17. The first-order valence-electron chi connectivity index (χ1n) is 4.77. The van der Waals surface area contributed by atoms with Gasteiger partial charge in [-0.05, 0) is 29.7 Å². The van der Waals surface area contributed by atoms with E-state index in [-0.39, 0.29) is 5.91 Å². The third-order valence-corrected chi connectivity index (χ3v) is 3.65. The van der Waals surface area contributed by atoms with Crippen molar-refractivity contribution >= 4 is 17.7 Å². The summed E-state index contributed by atoms with van der Waals surface area (Å²) in [6.45, 7) is 0. The molecule has 74 valence electrons. The number of hydrogen-bond acceptors (Lipinski definition) is 2. The van der Waals surface area contributed by atoms with Gasteiger partial charge in [-0.25, -0.2) is 0 Å². The molecule has 1 aliphatic rings. The van der Waals surface area contributed by atoms with Crippen molar-refractivity contribution in [2.45, 2.75) is 23.7 Å². The number of nitrogens with two attached hydrogens (primary N) is 1. The van der Waals surface area contributed by atoms with Gasteiger partial charge in [-0.3, -0.25) is 4.79 Å². The molecular weight excluding hydrogens is 194 g/mol. The van der Waals surface area contributed by atoms with Gasteiger partial charge >= 0.3 is 0 Å². The van der Waals surface area contributed by atoms with Gasteiger partial charge in [0.05, 0.1) is 0 Å². The van der Waals surface area contributed by atoms with Crippen molar-refractivity contribution in [2.24, 2.45) is 5.73 Å². The van der Waals surface area contributed by atoms with Crippen LogP contribution in [0.25, 0.3) is 0 Å². The quantitative estimate of drug-likeness (QED) is 0.807. The monoisotopic (exact) mass is 207 g/mol. The first-order chi connectivity index (χ1) is 6.77. The Hall–Kier alpha value is -0.960. The Balaban J connectivity index is 2.26. The van der Waals surface area contributed by atoms with E-state index in [1.807, 2.05) is 23.9 Å². The lowest BCUT2D eigenvalue weighted by atomic mass is 9.92. The summed E-state index contributed by atoms with van der Waals surface area (Å²) in [5, 5.41) is 0. The minimum absolute atomic E-state index is 0.197. The molecule has 0 aliphatic carbocycles. The molecule has 2 nitrogen and oxygen atoms in total. The Labute approximate surface area is 87.9 Å². The van der Waals surface area contributed by atoms with E-state index < -0.39 is 0 Å². The van der Waals surface area contributed by atoms with E-state index in [1.165, 1.54) is 10.5 Å². The van der Waals surface area contributed by atoms with Crippen LogP contribution in [0.4, 0.5) is 0 Å². The van der Waals surface area contributed by atoms with Crippen molar-refractivity contribution in [1.82, 2.24) is 0 Å². The molecule has 1 unspecified atom stereocenters. The topological polar surface area (TPSA) is 43.1 Å². The summed E-state index contributed by atoms with van der Waals surface area (Å²) in [7, 11) is 0. The van der Waals surface area contributed by atoms with Gasteiger partial charge < -0.3 is 5.73 Å². The SMILES string of the molecule is NC(=O)CC1CCSc2ccccc21. The number of amides is 1. The van der Waals surface area contributed by atoms with E-state index >= 15 is 0 Å². The Kier molecular flexibility index (Phi) is 2.77. The van der Waals surface area contributed by atoms with Gasteiger partial charge in [-0.1, -0.05) is 18.2 Å². The third kappa shape index (κ3) is 1.93. The van der Waals surface area contributed by atoms with Gasteiger partial charge in [0.25, 0.3) is 0 Å². The Morgan fingerprint density at radius 3 is 3.07 bits per heavy atom. The highest BCUT2D eigenvalue weighted by atomic mass is 32.2. The molecule has 1 heterocycles. The maximum atomic E-state index is 10.9. The molecule has 2 rings (SSSR count). The number of carbonyl (C=O) groups excluding carboxylic acids is 1. The van der Waals surface area contributed by atoms with E-state index in [2.05, 4.69) is 12.1 Å². The van der Waals surface area contributed by atoms with Gasteiger partial charge in [0, 0.05) is 11.3 Å². The van der Waals surface area contributed by atoms with Gasteiger partial charge in [0.1, 0.15) is 0 Å². The van der Waals surface area contributed by atoms with Crippen LogP contribution < -0.4 is 5.73 Å². The smallest absolute Gasteiger partial charge is 0.218 e. The van der Waals surface area contributed by atoms with E-state index in [9.17, 15) is 4.79 Å². The summed E-state index contributed by atoms with van der Waals surface area (Å²) >= 11 is 1.87. The van der Waals surface area contributed by atoms with Crippen LogP contribution in [-0.4, -0.2) is 11.7 Å². The molecule has 1 aliphatic heterocycles. The number of hydrogen-bond donors (Lipinski definition) is 1. The molecule has 14 heavy (non-hydrogen) atoms. The zero-order chi connectivity index (χ0) is 9.97. The molecule has 0 bridgehead atoms. The zero-order valence-corrected chi connectivity index (χ0v) is 8.72. The Morgan fingerprint density at radius 1 is 1.50 bits per heavy atom. The number of primary amides is 1. The van der Waals surface area contributed by atoms with Crippen molar-refractivity contribution in [2.75, 3.05) is 5.75 Å². The second-order valence-electron chi connectivity index (χ2n) is 3.54. The van der Waals surface area contributed by atoms with E-state index in [1.54, 1.807) is 0 Å². The summed E-state index contributed by atoms with van der Waals surface area (Å²) in [5.74, 6) is 1.23. The first kappa shape index (κ1) is 9.59. The van der Waals surface area contributed by atoms with Gasteiger partial charge in [0.2, 0.25) is 5.91 Å². The van der Waals surface area contributed by atoms with Crippen LogP contribution in [0, 0.1) is 0 Å². The zero-order valence-electron chi connectivity index (χ0n) is 7.90. The fourth-order valence-corrected chi connectivity index (χ4v) is 3.07. The van der Waals surface area contributed by atoms with E-state index in [4.69, 9.17) is 5.73 Å². The first-order valence-corrected chi connectivity index (χ1v) is 5.76. The maximum absolute atomic E-state index is 10.9. The van der Waals surface area contributed by atoms with Crippen molar-refractivity contribution < 1.29 is 4.79 Å². The molecule has 1 aromatic carbocycles. The van der Waals surface area contributed by atoms with Crippen LogP contribution in [0.1, 0.15) is 24.3 Å². The third-order valence-electron chi connectivity index (χ3n) is 2.53. The summed E-state index contributed by atoms with van der Waals surface area (Å²) < 4.78 is 0. The largest absolute Gasteiger partial charge is 0.370 e. The van der Waals surface area contributed by atoms with Crippen molar-refractivity contribution in [3.63, 3.8) is 0 Å². The van der Waals surface area contributed by atoms with Crippen LogP contribution in [-0.2, 0) is 4.79 Å². The van der Waals surface area contributed by atoms with Crippen LogP contribution in [0.5, 0.6) is 0 Å². The van der Waals surface area contributed by atoms with Crippen LogP contribution in [0.3, 0.4) is 0 Å². The molecule has 1 amide bonds. The van der Waals surface area contributed by atoms with Crippen molar-refractivity contribution in [1.29, 1.82) is 0 Å². The lowest BCUT2D eigenvalue weighted by molar-refractivity contribution is -0.118. The molecule has 3 heteroatoms. The van der Waals surface area contributed by atoms with Crippen LogP contribution in [0.15, 0.2) is 29.2 Å². The predicted octanol–water partition coefficient (Wildman–Crippen LogP) is 2.14. The molecule has 0 spiro atoms. The van der Waals surface area contributed by atoms with E-state index in [0.717, 1.165) is 12.2 Å². The molecule has 0 saturated heterocycles. The number of thioether (sulfide) groups is 1. The average molecular weight is 207 g/mol. The predicted molar refractivity (Wildman–Crippen MR) is 58.3 cm³/mol. The highest BCUT2D eigenvalue weighted by molar-refractivity contribution is 7.99. The maximum Gasteiger partial charge on any atom is 0.218 e. The molecular formula is C11H13NOS. The van der Waals surface area contributed by atoms with Crippen molar-refractivity contribution in [3.8, 4) is 0 Å². The number of rotatable bonds is 2. The number of fused-ring (bicyclic) bond motifs is 1. The summed E-state index contributed by atoms with van der Waals surface area (Å²) in [4.78, 5) is 12.2. The molecule has 2 N–H and O–H groups in total. The van der Waals surface area contributed by atoms with Crippen LogP contribution >= 0.6 is 11.8 Å². The molecule has 1 aromatic rings. The Morgan fingerprint density at radius 2 is 2.29 bits per heavy atom.